The number of hydrogen-bond donors (Lipinski definition) is 1. The van der Waals surface area contributed by atoms with Crippen LogP contribution >= 0.6 is 0 Å². The van der Waals surface area contributed by atoms with Crippen molar-refractivity contribution in [3.05, 3.63) is 29.6 Å². The molecule has 0 bridgehead atoms. The molecule has 112 valence electrons. The van der Waals surface area contributed by atoms with Crippen LogP contribution in [0, 0.1) is 17.7 Å². The fourth-order valence-electron chi connectivity index (χ4n) is 2.89. The molecule has 3 heteroatoms. The number of piperidine rings is 1. The Kier molecular flexibility index (Phi) is 5.41. The molecular weight excluding hydrogens is 251 g/mol. The molecule has 20 heavy (non-hydrogen) atoms. The van der Waals surface area contributed by atoms with E-state index < -0.39 is 0 Å². The molecule has 2 nitrogen and oxygen atoms in total. The SMILES string of the molecule is CCCNCc1c(F)cccc1N1CCC(C)C(C)C1. The van der Waals surface area contributed by atoms with Crippen molar-refractivity contribution < 1.29 is 4.39 Å². The predicted molar refractivity (Wildman–Crippen MR) is 83.6 cm³/mol. The van der Waals surface area contributed by atoms with E-state index in [-0.39, 0.29) is 5.82 Å². The van der Waals surface area contributed by atoms with Gasteiger partial charge in [0.05, 0.1) is 0 Å². The van der Waals surface area contributed by atoms with Gasteiger partial charge in [0.1, 0.15) is 5.82 Å². The number of benzene rings is 1. The highest BCUT2D eigenvalue weighted by Crippen LogP contribution is 2.30. The monoisotopic (exact) mass is 278 g/mol. The molecule has 0 saturated carbocycles. The Labute approximate surface area is 122 Å². The highest BCUT2D eigenvalue weighted by atomic mass is 19.1. The Morgan fingerprint density at radius 2 is 2.10 bits per heavy atom. The van der Waals surface area contributed by atoms with E-state index in [9.17, 15) is 4.39 Å². The zero-order chi connectivity index (χ0) is 14.5. The Hall–Kier alpha value is -1.09. The van der Waals surface area contributed by atoms with Gasteiger partial charge in [-0.15, -0.1) is 0 Å². The lowest BCUT2D eigenvalue weighted by Crippen LogP contribution is -2.39. The number of nitrogens with one attached hydrogen (secondary N) is 1. The van der Waals surface area contributed by atoms with Crippen molar-refractivity contribution in [3.63, 3.8) is 0 Å². The molecular formula is C17H27FN2. The van der Waals surface area contributed by atoms with Crippen LogP contribution in [0.5, 0.6) is 0 Å². The van der Waals surface area contributed by atoms with Gasteiger partial charge in [-0.3, -0.25) is 0 Å². The highest BCUT2D eigenvalue weighted by molar-refractivity contribution is 5.54. The third-order valence-corrected chi connectivity index (χ3v) is 4.50. The molecule has 1 heterocycles. The van der Waals surface area contributed by atoms with Gasteiger partial charge in [-0.25, -0.2) is 4.39 Å². The van der Waals surface area contributed by atoms with Gasteiger partial charge in [0, 0.05) is 30.9 Å². The molecule has 0 spiro atoms. The zero-order valence-corrected chi connectivity index (χ0v) is 13.0. The molecule has 0 aliphatic carbocycles. The Bertz CT molecular complexity index is 433. The first-order chi connectivity index (χ1) is 9.63. The molecule has 1 fully saturated rings. The Morgan fingerprint density at radius 3 is 2.80 bits per heavy atom. The molecule has 1 aromatic carbocycles. The molecule has 2 unspecified atom stereocenters. The molecule has 0 amide bonds. The van der Waals surface area contributed by atoms with Crippen molar-refractivity contribution >= 4 is 5.69 Å². The van der Waals surface area contributed by atoms with E-state index in [1.165, 1.54) is 6.42 Å². The number of nitrogens with zero attached hydrogens (tertiary/aromatic N) is 1. The van der Waals surface area contributed by atoms with Crippen LogP contribution < -0.4 is 10.2 Å². The summed E-state index contributed by atoms with van der Waals surface area (Å²) in [5.74, 6) is 1.35. The molecule has 1 saturated heterocycles. The van der Waals surface area contributed by atoms with Gasteiger partial charge in [0.25, 0.3) is 0 Å². The van der Waals surface area contributed by atoms with Crippen LogP contribution in [0.25, 0.3) is 0 Å². The zero-order valence-electron chi connectivity index (χ0n) is 13.0. The number of anilines is 1. The molecule has 1 aromatic rings. The Balaban J connectivity index is 2.16. The van der Waals surface area contributed by atoms with Crippen molar-refractivity contribution in [1.29, 1.82) is 0 Å². The maximum absolute atomic E-state index is 14.1. The summed E-state index contributed by atoms with van der Waals surface area (Å²) in [4.78, 5) is 2.36. The smallest absolute Gasteiger partial charge is 0.129 e. The minimum absolute atomic E-state index is 0.0858. The van der Waals surface area contributed by atoms with Crippen LogP contribution in [-0.2, 0) is 6.54 Å². The quantitative estimate of drug-likeness (QED) is 0.824. The summed E-state index contributed by atoms with van der Waals surface area (Å²) in [6.07, 6.45) is 2.27. The first-order valence-corrected chi connectivity index (χ1v) is 7.86. The van der Waals surface area contributed by atoms with Crippen LogP contribution in [0.3, 0.4) is 0 Å². The summed E-state index contributed by atoms with van der Waals surface area (Å²) in [7, 11) is 0. The van der Waals surface area contributed by atoms with Gasteiger partial charge < -0.3 is 10.2 Å². The molecule has 1 N–H and O–H groups in total. The summed E-state index contributed by atoms with van der Waals surface area (Å²) in [5.41, 5.74) is 1.90. The molecule has 2 rings (SSSR count). The van der Waals surface area contributed by atoms with Crippen LogP contribution in [0.1, 0.15) is 39.2 Å². The largest absolute Gasteiger partial charge is 0.371 e. The van der Waals surface area contributed by atoms with Crippen molar-refractivity contribution in [2.75, 3.05) is 24.5 Å². The van der Waals surface area contributed by atoms with Gasteiger partial charge in [-0.05, 0) is 43.4 Å². The second-order valence-electron chi connectivity index (χ2n) is 6.10. The maximum atomic E-state index is 14.1. The van der Waals surface area contributed by atoms with Gasteiger partial charge in [-0.1, -0.05) is 26.8 Å². The average Bonchev–Trinajstić information content (AvgIpc) is 2.44. The first kappa shape index (κ1) is 15.3. The van der Waals surface area contributed by atoms with E-state index in [1.807, 2.05) is 6.07 Å². The lowest BCUT2D eigenvalue weighted by atomic mass is 9.88. The number of hydrogen-bond acceptors (Lipinski definition) is 2. The van der Waals surface area contributed by atoms with Crippen LogP contribution in [-0.4, -0.2) is 19.6 Å². The normalized spacial score (nSPS) is 23.1. The second-order valence-corrected chi connectivity index (χ2v) is 6.10. The summed E-state index contributed by atoms with van der Waals surface area (Å²) >= 11 is 0. The first-order valence-electron chi connectivity index (χ1n) is 7.86. The molecule has 0 aromatic heterocycles. The van der Waals surface area contributed by atoms with Crippen LogP contribution in [0.15, 0.2) is 18.2 Å². The summed E-state index contributed by atoms with van der Waals surface area (Å²) in [5, 5.41) is 3.32. The van der Waals surface area contributed by atoms with Crippen molar-refractivity contribution in [2.24, 2.45) is 11.8 Å². The van der Waals surface area contributed by atoms with E-state index in [0.29, 0.717) is 12.5 Å². The van der Waals surface area contributed by atoms with Gasteiger partial charge in [-0.2, -0.15) is 0 Å². The van der Waals surface area contributed by atoms with Crippen LogP contribution in [0.4, 0.5) is 10.1 Å². The number of rotatable bonds is 5. The fourth-order valence-corrected chi connectivity index (χ4v) is 2.89. The summed E-state index contributed by atoms with van der Waals surface area (Å²) < 4.78 is 14.1. The van der Waals surface area contributed by atoms with Crippen molar-refractivity contribution in [3.8, 4) is 0 Å². The molecule has 2 atom stereocenters. The van der Waals surface area contributed by atoms with Crippen molar-refractivity contribution in [2.45, 2.75) is 40.2 Å². The highest BCUT2D eigenvalue weighted by Gasteiger charge is 2.24. The molecule has 0 radical (unpaired) electrons. The van der Waals surface area contributed by atoms with Gasteiger partial charge >= 0.3 is 0 Å². The summed E-state index contributed by atoms with van der Waals surface area (Å²) in [6.45, 7) is 10.4. The van der Waals surface area contributed by atoms with Gasteiger partial charge in [0.2, 0.25) is 0 Å². The molecule has 1 aliphatic rings. The second kappa shape index (κ2) is 7.07. The van der Waals surface area contributed by atoms with Crippen LogP contribution in [0.2, 0.25) is 0 Å². The third kappa shape index (κ3) is 3.51. The standard InChI is InChI=1S/C17H27FN2/c1-4-9-19-11-15-16(18)6-5-7-17(15)20-10-8-13(2)14(3)12-20/h5-7,13-14,19H,4,8-12H2,1-3H3. The summed E-state index contributed by atoms with van der Waals surface area (Å²) in [6, 6.07) is 5.47. The fraction of sp³-hybridized carbons (Fsp3) is 0.647. The number of halogens is 1. The minimum Gasteiger partial charge on any atom is -0.371 e. The topological polar surface area (TPSA) is 15.3 Å². The van der Waals surface area contributed by atoms with E-state index in [4.69, 9.17) is 0 Å². The third-order valence-electron chi connectivity index (χ3n) is 4.50. The maximum Gasteiger partial charge on any atom is 0.129 e. The Morgan fingerprint density at radius 1 is 1.30 bits per heavy atom. The van der Waals surface area contributed by atoms with Gasteiger partial charge in [0.15, 0.2) is 0 Å². The lowest BCUT2D eigenvalue weighted by molar-refractivity contribution is 0.323. The van der Waals surface area contributed by atoms with E-state index >= 15 is 0 Å². The lowest BCUT2D eigenvalue weighted by Gasteiger charge is -2.37. The minimum atomic E-state index is -0.0858. The average molecular weight is 278 g/mol. The van der Waals surface area contributed by atoms with E-state index in [2.05, 4.69) is 37.1 Å². The predicted octanol–water partition coefficient (Wildman–Crippen LogP) is 3.81. The van der Waals surface area contributed by atoms with Crippen molar-refractivity contribution in [1.82, 2.24) is 5.32 Å². The van der Waals surface area contributed by atoms with E-state index in [0.717, 1.165) is 43.2 Å². The molecule has 1 aliphatic heterocycles. The van der Waals surface area contributed by atoms with E-state index in [1.54, 1.807) is 6.07 Å².